The Morgan fingerprint density at radius 1 is 0.327 bits per heavy atom. The van der Waals surface area contributed by atoms with Crippen LogP contribution >= 0.6 is 0 Å². The summed E-state index contributed by atoms with van der Waals surface area (Å²) in [6.45, 7) is 0. The summed E-state index contributed by atoms with van der Waals surface area (Å²) in [5.41, 5.74) is 9.70. The van der Waals surface area contributed by atoms with Crippen molar-refractivity contribution in [3.05, 3.63) is 170 Å². The summed E-state index contributed by atoms with van der Waals surface area (Å²) in [5.74, 6) is 2.48. The average molecular weight is 629 g/mol. The van der Waals surface area contributed by atoms with Crippen LogP contribution < -0.4 is 0 Å². The molecule has 0 saturated carbocycles. The third kappa shape index (κ3) is 5.53. The van der Waals surface area contributed by atoms with Crippen LogP contribution in [0.25, 0.3) is 89.7 Å². The Bertz CT molecular complexity index is 2600. The summed E-state index contributed by atoms with van der Waals surface area (Å²) < 4.78 is 6.36. The third-order valence-corrected chi connectivity index (χ3v) is 8.74. The van der Waals surface area contributed by atoms with Gasteiger partial charge in [0.25, 0.3) is 0 Å². The maximum Gasteiger partial charge on any atom is 0.227 e. The first-order valence-electron chi connectivity index (χ1n) is 16.2. The van der Waals surface area contributed by atoms with Crippen molar-refractivity contribution in [1.29, 1.82) is 0 Å². The molecule has 2 heterocycles. The van der Waals surface area contributed by atoms with Crippen LogP contribution in [0.1, 0.15) is 0 Å². The number of nitrogens with zero attached hydrogens (tertiary/aromatic N) is 4. The predicted octanol–water partition coefficient (Wildman–Crippen LogP) is 11.2. The van der Waals surface area contributed by atoms with Crippen molar-refractivity contribution in [3.63, 3.8) is 0 Å². The topological polar surface area (TPSA) is 64.7 Å². The van der Waals surface area contributed by atoms with Gasteiger partial charge in [0.1, 0.15) is 5.52 Å². The number of oxazole rings is 1. The first-order valence-corrected chi connectivity index (χ1v) is 16.2. The van der Waals surface area contributed by atoms with Gasteiger partial charge < -0.3 is 4.42 Å². The van der Waals surface area contributed by atoms with Crippen molar-refractivity contribution in [3.8, 4) is 67.9 Å². The molecular formula is C44H28N4O. The Labute approximate surface area is 283 Å². The molecule has 5 nitrogen and oxygen atoms in total. The molecule has 0 atom stereocenters. The number of hydrogen-bond acceptors (Lipinski definition) is 5. The molecule has 0 saturated heterocycles. The second-order valence-electron chi connectivity index (χ2n) is 11.9. The minimum atomic E-state index is 0.613. The van der Waals surface area contributed by atoms with Gasteiger partial charge in [0.15, 0.2) is 23.1 Å². The van der Waals surface area contributed by atoms with E-state index >= 15 is 0 Å². The third-order valence-electron chi connectivity index (χ3n) is 8.74. The fraction of sp³-hybridized carbons (Fsp3) is 0. The molecule has 230 valence electrons. The molecule has 7 aromatic carbocycles. The number of hydrogen-bond donors (Lipinski definition) is 0. The monoisotopic (exact) mass is 628 g/mol. The molecule has 0 aliphatic carbocycles. The van der Waals surface area contributed by atoms with Gasteiger partial charge in [-0.15, -0.1) is 0 Å². The number of rotatable bonds is 6. The second-order valence-corrected chi connectivity index (χ2v) is 11.9. The maximum atomic E-state index is 6.36. The lowest BCUT2D eigenvalue weighted by molar-refractivity contribution is 0.623. The molecule has 9 aromatic rings. The molecule has 0 amide bonds. The minimum absolute atomic E-state index is 0.613. The van der Waals surface area contributed by atoms with Gasteiger partial charge in [0.2, 0.25) is 5.89 Å². The van der Waals surface area contributed by atoms with E-state index in [1.54, 1.807) is 0 Å². The minimum Gasteiger partial charge on any atom is -0.435 e. The van der Waals surface area contributed by atoms with E-state index in [1.807, 2.05) is 72.8 Å². The van der Waals surface area contributed by atoms with Crippen LogP contribution in [0.4, 0.5) is 0 Å². The van der Waals surface area contributed by atoms with Crippen LogP contribution in [0.2, 0.25) is 0 Å². The highest BCUT2D eigenvalue weighted by Crippen LogP contribution is 2.34. The summed E-state index contributed by atoms with van der Waals surface area (Å²) in [6, 6.07) is 57.7. The fourth-order valence-corrected chi connectivity index (χ4v) is 6.25. The van der Waals surface area contributed by atoms with E-state index in [9.17, 15) is 0 Å². The highest BCUT2D eigenvalue weighted by Gasteiger charge is 2.15. The van der Waals surface area contributed by atoms with E-state index in [4.69, 9.17) is 24.4 Å². The highest BCUT2D eigenvalue weighted by molar-refractivity contribution is 6.05. The molecule has 0 aliphatic rings. The van der Waals surface area contributed by atoms with Crippen molar-refractivity contribution in [2.24, 2.45) is 0 Å². The molecule has 9 rings (SSSR count). The fourth-order valence-electron chi connectivity index (χ4n) is 6.25. The second kappa shape index (κ2) is 12.1. The van der Waals surface area contributed by atoms with E-state index in [0.717, 1.165) is 66.4 Å². The van der Waals surface area contributed by atoms with E-state index in [0.29, 0.717) is 23.4 Å². The highest BCUT2D eigenvalue weighted by atomic mass is 16.3. The lowest BCUT2D eigenvalue weighted by Crippen LogP contribution is -2.00. The molecular weight excluding hydrogens is 601 g/mol. The van der Waals surface area contributed by atoms with Crippen LogP contribution in [-0.4, -0.2) is 19.9 Å². The van der Waals surface area contributed by atoms with Crippen molar-refractivity contribution >= 4 is 21.9 Å². The van der Waals surface area contributed by atoms with Crippen molar-refractivity contribution in [2.75, 3.05) is 0 Å². The zero-order valence-corrected chi connectivity index (χ0v) is 26.4. The van der Waals surface area contributed by atoms with Gasteiger partial charge in [-0.1, -0.05) is 133 Å². The molecule has 0 aliphatic heterocycles. The molecule has 0 fully saturated rings. The van der Waals surface area contributed by atoms with E-state index in [2.05, 4.69) is 97.1 Å². The zero-order chi connectivity index (χ0) is 32.6. The normalized spacial score (nSPS) is 11.3. The van der Waals surface area contributed by atoms with Crippen LogP contribution in [0.15, 0.2) is 174 Å². The number of fused-ring (bicyclic) bond motifs is 3. The SMILES string of the molecule is c1ccc(-c2cccc(-c3nc(-c4ccccc4)nc(-c4cccc(-c5ccc6ccc7nc(-c8ccccc8)oc7c6c5)c4)n3)c2)cc1. The standard InChI is InChI=1S/C44H28N4O/c1-4-12-29(13-5-1)33-18-10-20-36(26-33)42-46-41(31-14-6-2-7-15-31)47-43(48-42)37-21-11-19-34(27-37)35-23-22-30-24-25-39-40(38(30)28-35)49-44(45-39)32-16-8-3-9-17-32/h1-28H. The number of aromatic nitrogens is 4. The molecule has 0 radical (unpaired) electrons. The van der Waals surface area contributed by atoms with Gasteiger partial charge in [-0.25, -0.2) is 19.9 Å². The summed E-state index contributed by atoms with van der Waals surface area (Å²) in [7, 11) is 0. The van der Waals surface area contributed by atoms with Gasteiger partial charge in [-0.3, -0.25) is 0 Å². The summed E-state index contributed by atoms with van der Waals surface area (Å²) in [6.07, 6.45) is 0. The molecule has 0 bridgehead atoms. The molecule has 0 N–H and O–H groups in total. The molecule has 0 spiro atoms. The van der Waals surface area contributed by atoms with Crippen molar-refractivity contribution < 1.29 is 4.42 Å². The zero-order valence-electron chi connectivity index (χ0n) is 26.4. The lowest BCUT2D eigenvalue weighted by atomic mass is 9.99. The Morgan fingerprint density at radius 3 is 1.43 bits per heavy atom. The van der Waals surface area contributed by atoms with Crippen LogP contribution in [0.5, 0.6) is 0 Å². The van der Waals surface area contributed by atoms with Gasteiger partial charge in [0.05, 0.1) is 0 Å². The first-order chi connectivity index (χ1) is 24.2. The van der Waals surface area contributed by atoms with Crippen LogP contribution in [0.3, 0.4) is 0 Å². The smallest absolute Gasteiger partial charge is 0.227 e. The molecule has 0 unspecified atom stereocenters. The quantitative estimate of drug-likeness (QED) is 0.183. The molecule has 5 heteroatoms. The molecule has 49 heavy (non-hydrogen) atoms. The van der Waals surface area contributed by atoms with E-state index < -0.39 is 0 Å². The number of benzene rings is 7. The summed E-state index contributed by atoms with van der Waals surface area (Å²) in [5, 5.41) is 2.11. The Balaban J connectivity index is 1.15. The lowest BCUT2D eigenvalue weighted by Gasteiger charge is -2.11. The Hall–Kier alpha value is -6.72. The van der Waals surface area contributed by atoms with Gasteiger partial charge in [-0.2, -0.15) is 0 Å². The predicted molar refractivity (Wildman–Crippen MR) is 198 cm³/mol. The van der Waals surface area contributed by atoms with E-state index in [-0.39, 0.29) is 0 Å². The van der Waals surface area contributed by atoms with Gasteiger partial charge in [-0.05, 0) is 64.0 Å². The van der Waals surface area contributed by atoms with Gasteiger partial charge in [0, 0.05) is 27.6 Å². The summed E-state index contributed by atoms with van der Waals surface area (Å²) >= 11 is 0. The van der Waals surface area contributed by atoms with Crippen molar-refractivity contribution in [1.82, 2.24) is 19.9 Å². The Kier molecular flexibility index (Phi) is 7.06. The van der Waals surface area contributed by atoms with E-state index in [1.165, 1.54) is 0 Å². The average Bonchev–Trinajstić information content (AvgIpc) is 3.64. The van der Waals surface area contributed by atoms with Gasteiger partial charge >= 0.3 is 0 Å². The Morgan fingerprint density at radius 2 is 0.796 bits per heavy atom. The first kappa shape index (κ1) is 28.5. The largest absolute Gasteiger partial charge is 0.435 e. The van der Waals surface area contributed by atoms with Crippen LogP contribution in [-0.2, 0) is 0 Å². The molecule has 2 aromatic heterocycles. The van der Waals surface area contributed by atoms with Crippen LogP contribution in [0, 0.1) is 0 Å². The summed E-state index contributed by atoms with van der Waals surface area (Å²) in [4.78, 5) is 19.8. The van der Waals surface area contributed by atoms with Crippen molar-refractivity contribution in [2.45, 2.75) is 0 Å². The maximum absolute atomic E-state index is 6.36.